The van der Waals surface area contributed by atoms with Crippen LogP contribution in [0.25, 0.3) is 0 Å². The summed E-state index contributed by atoms with van der Waals surface area (Å²) in [6.45, 7) is 3.02. The van der Waals surface area contributed by atoms with Crippen LogP contribution in [-0.4, -0.2) is 12.0 Å². The van der Waals surface area contributed by atoms with Gasteiger partial charge in [-0.25, -0.2) is 4.98 Å². The van der Waals surface area contributed by atoms with E-state index in [0.29, 0.717) is 0 Å². The first kappa shape index (κ1) is 10.2. The largest absolute Gasteiger partial charge is 0.314 e. The average molecular weight is 249 g/mol. The highest BCUT2D eigenvalue weighted by molar-refractivity contribution is 9.11. The molecule has 0 radical (unpaired) electrons. The van der Waals surface area contributed by atoms with E-state index in [9.17, 15) is 0 Å². The number of halogens is 1. The van der Waals surface area contributed by atoms with Crippen molar-refractivity contribution in [3.8, 4) is 0 Å². The van der Waals surface area contributed by atoms with E-state index in [-0.39, 0.29) is 0 Å². The molecule has 0 saturated heterocycles. The maximum Gasteiger partial charge on any atom is 0.0945 e. The first-order chi connectivity index (χ1) is 5.77. The van der Waals surface area contributed by atoms with E-state index in [1.54, 1.807) is 11.3 Å². The molecule has 0 amide bonds. The third-order valence-electron chi connectivity index (χ3n) is 1.50. The minimum absolute atomic E-state index is 0.848. The van der Waals surface area contributed by atoms with Gasteiger partial charge in [0.15, 0.2) is 0 Å². The maximum absolute atomic E-state index is 4.50. The van der Waals surface area contributed by atoms with E-state index in [1.165, 1.54) is 15.2 Å². The molecule has 1 aromatic heterocycles. The van der Waals surface area contributed by atoms with Gasteiger partial charge in [-0.15, -0.1) is 11.3 Å². The lowest BCUT2D eigenvalue weighted by Crippen LogP contribution is -2.05. The Morgan fingerprint density at radius 3 is 2.92 bits per heavy atom. The molecule has 2 nitrogen and oxygen atoms in total. The molecule has 0 unspecified atom stereocenters. The molecule has 0 atom stereocenters. The lowest BCUT2D eigenvalue weighted by atomic mass is 10.3. The van der Waals surface area contributed by atoms with Gasteiger partial charge in [0.05, 0.1) is 14.5 Å². The van der Waals surface area contributed by atoms with Gasteiger partial charge in [0.1, 0.15) is 0 Å². The van der Waals surface area contributed by atoms with Crippen LogP contribution < -0.4 is 5.32 Å². The molecule has 0 saturated carbocycles. The number of rotatable bonds is 4. The Labute approximate surface area is 85.5 Å². The van der Waals surface area contributed by atoms with Gasteiger partial charge in [-0.05, 0) is 35.8 Å². The molecule has 0 bridgehead atoms. The van der Waals surface area contributed by atoms with Crippen molar-refractivity contribution in [3.63, 3.8) is 0 Å². The second-order valence-corrected chi connectivity index (χ2v) is 5.01. The van der Waals surface area contributed by atoms with Gasteiger partial charge in [-0.3, -0.25) is 0 Å². The standard InChI is InChI=1S/C8H13BrN2S/c1-3-4-7-11-6(5-10-2)8(9)12-7/h10H,3-5H2,1-2H3. The van der Waals surface area contributed by atoms with Crippen LogP contribution in [0.4, 0.5) is 0 Å². The Bertz CT molecular complexity index is 247. The van der Waals surface area contributed by atoms with Crippen LogP contribution >= 0.6 is 27.3 Å². The summed E-state index contributed by atoms with van der Waals surface area (Å²) in [5, 5.41) is 4.33. The summed E-state index contributed by atoms with van der Waals surface area (Å²) in [5.74, 6) is 0. The topological polar surface area (TPSA) is 24.9 Å². The van der Waals surface area contributed by atoms with E-state index in [2.05, 4.69) is 33.2 Å². The summed E-state index contributed by atoms with van der Waals surface area (Å²) >= 11 is 5.25. The Kier molecular flexibility index (Phi) is 4.18. The van der Waals surface area contributed by atoms with Gasteiger partial charge >= 0.3 is 0 Å². The molecule has 1 N–H and O–H groups in total. The first-order valence-corrected chi connectivity index (χ1v) is 5.67. The molecule has 0 fully saturated rings. The summed E-state index contributed by atoms with van der Waals surface area (Å²) in [7, 11) is 1.94. The molecule has 1 rings (SSSR count). The predicted octanol–water partition coefficient (Wildman–Crippen LogP) is 2.58. The third-order valence-corrected chi connectivity index (χ3v) is 3.39. The van der Waals surface area contributed by atoms with Crippen molar-refractivity contribution < 1.29 is 0 Å². The maximum atomic E-state index is 4.50. The van der Waals surface area contributed by atoms with E-state index >= 15 is 0 Å². The number of hydrogen-bond acceptors (Lipinski definition) is 3. The summed E-state index contributed by atoms with van der Waals surface area (Å²) in [6, 6.07) is 0. The van der Waals surface area contributed by atoms with E-state index in [4.69, 9.17) is 0 Å². The van der Waals surface area contributed by atoms with E-state index in [0.717, 1.165) is 18.7 Å². The quantitative estimate of drug-likeness (QED) is 0.887. The highest BCUT2D eigenvalue weighted by Gasteiger charge is 2.06. The molecular formula is C8H13BrN2S. The van der Waals surface area contributed by atoms with Crippen LogP contribution in [0.3, 0.4) is 0 Å². The van der Waals surface area contributed by atoms with Gasteiger partial charge in [0.25, 0.3) is 0 Å². The van der Waals surface area contributed by atoms with Gasteiger partial charge in [0, 0.05) is 6.54 Å². The molecule has 0 spiro atoms. The minimum Gasteiger partial charge on any atom is -0.314 e. The van der Waals surface area contributed by atoms with Crippen molar-refractivity contribution in [1.29, 1.82) is 0 Å². The lowest BCUT2D eigenvalue weighted by Gasteiger charge is -1.92. The molecule has 0 aromatic carbocycles. The average Bonchev–Trinajstić information content (AvgIpc) is 2.34. The van der Waals surface area contributed by atoms with Gasteiger partial charge in [-0.1, -0.05) is 6.92 Å². The number of nitrogens with one attached hydrogen (secondary N) is 1. The van der Waals surface area contributed by atoms with Crippen LogP contribution in [0.5, 0.6) is 0 Å². The Morgan fingerprint density at radius 1 is 1.58 bits per heavy atom. The molecule has 68 valence electrons. The molecule has 0 aliphatic carbocycles. The zero-order valence-corrected chi connectivity index (χ0v) is 9.76. The summed E-state index contributed by atoms with van der Waals surface area (Å²) < 4.78 is 1.17. The Balaban J connectivity index is 2.70. The smallest absolute Gasteiger partial charge is 0.0945 e. The first-order valence-electron chi connectivity index (χ1n) is 4.06. The highest BCUT2D eigenvalue weighted by atomic mass is 79.9. The Morgan fingerprint density at radius 2 is 2.33 bits per heavy atom. The van der Waals surface area contributed by atoms with Crippen LogP contribution in [0, 0.1) is 0 Å². The van der Waals surface area contributed by atoms with Crippen LogP contribution in [0.15, 0.2) is 3.79 Å². The highest BCUT2D eigenvalue weighted by Crippen LogP contribution is 2.25. The summed E-state index contributed by atoms with van der Waals surface area (Å²) in [6.07, 6.45) is 2.26. The van der Waals surface area contributed by atoms with Crippen molar-refractivity contribution in [3.05, 3.63) is 14.5 Å². The van der Waals surface area contributed by atoms with Crippen LogP contribution in [0.2, 0.25) is 0 Å². The fourth-order valence-electron chi connectivity index (χ4n) is 0.977. The lowest BCUT2D eigenvalue weighted by molar-refractivity contribution is 0.784. The van der Waals surface area contributed by atoms with Gasteiger partial charge in [-0.2, -0.15) is 0 Å². The second-order valence-electron chi connectivity index (χ2n) is 2.61. The monoisotopic (exact) mass is 248 g/mol. The zero-order chi connectivity index (χ0) is 8.97. The molecule has 1 aromatic rings. The van der Waals surface area contributed by atoms with Gasteiger partial charge < -0.3 is 5.32 Å². The fraction of sp³-hybridized carbons (Fsp3) is 0.625. The second kappa shape index (κ2) is 4.94. The zero-order valence-electron chi connectivity index (χ0n) is 7.35. The number of thiazole rings is 1. The molecule has 0 aliphatic rings. The van der Waals surface area contributed by atoms with E-state index < -0.39 is 0 Å². The summed E-state index contributed by atoms with van der Waals surface area (Å²) in [4.78, 5) is 4.50. The number of nitrogens with zero attached hydrogens (tertiary/aromatic N) is 1. The SMILES string of the molecule is CCCc1nc(CNC)c(Br)s1. The van der Waals surface area contributed by atoms with Gasteiger partial charge in [0.2, 0.25) is 0 Å². The van der Waals surface area contributed by atoms with Crippen molar-refractivity contribution in [2.24, 2.45) is 0 Å². The minimum atomic E-state index is 0.848. The van der Waals surface area contributed by atoms with Crippen molar-refractivity contribution in [1.82, 2.24) is 10.3 Å². The predicted molar refractivity (Wildman–Crippen MR) is 56.6 cm³/mol. The van der Waals surface area contributed by atoms with Crippen molar-refractivity contribution >= 4 is 27.3 Å². The molecule has 12 heavy (non-hydrogen) atoms. The van der Waals surface area contributed by atoms with E-state index in [1.807, 2.05) is 7.05 Å². The van der Waals surface area contributed by atoms with Crippen molar-refractivity contribution in [2.45, 2.75) is 26.3 Å². The number of hydrogen-bond donors (Lipinski definition) is 1. The normalized spacial score (nSPS) is 10.6. The van der Waals surface area contributed by atoms with Crippen LogP contribution in [0.1, 0.15) is 24.0 Å². The summed E-state index contributed by atoms with van der Waals surface area (Å²) in [5.41, 5.74) is 1.13. The Hall–Kier alpha value is 0.0700. The van der Waals surface area contributed by atoms with Crippen molar-refractivity contribution in [2.75, 3.05) is 7.05 Å². The molecule has 4 heteroatoms. The van der Waals surface area contributed by atoms with Crippen LogP contribution in [-0.2, 0) is 13.0 Å². The number of aromatic nitrogens is 1. The number of aryl methyl sites for hydroxylation is 1. The molecule has 0 aliphatic heterocycles. The fourth-order valence-corrected chi connectivity index (χ4v) is 2.67. The third kappa shape index (κ3) is 2.54. The molecule has 1 heterocycles. The molecular weight excluding hydrogens is 236 g/mol.